The molecule has 0 spiro atoms. The summed E-state index contributed by atoms with van der Waals surface area (Å²) in [5, 5.41) is 14.1. The lowest BCUT2D eigenvalue weighted by Gasteiger charge is -2.53. The van der Waals surface area contributed by atoms with E-state index in [0.717, 1.165) is 80.6 Å². The molecular formula is C29H41N7O. The van der Waals surface area contributed by atoms with Crippen molar-refractivity contribution >= 4 is 22.6 Å². The first-order valence-corrected chi connectivity index (χ1v) is 14.2. The zero-order valence-electron chi connectivity index (χ0n) is 22.9. The van der Waals surface area contributed by atoms with E-state index in [1.807, 2.05) is 17.9 Å². The normalized spacial score (nSPS) is 25.0. The van der Waals surface area contributed by atoms with Crippen molar-refractivity contribution in [3.05, 3.63) is 34.9 Å². The summed E-state index contributed by atoms with van der Waals surface area (Å²) in [4.78, 5) is 19.7. The highest BCUT2D eigenvalue weighted by atomic mass is 16.1. The molecule has 37 heavy (non-hydrogen) atoms. The Balaban J connectivity index is 1.17. The minimum Gasteiger partial charge on any atom is -0.366 e. The number of rotatable bonds is 7. The SMILES string of the molecule is CCCCC(=O)NC12CCC(Cn3nc(C)c4c3CCN(c3cc(C)nc5c3cnn5C)C4)(CC1)CC2. The van der Waals surface area contributed by atoms with Crippen LogP contribution in [0.1, 0.15) is 87.4 Å². The molecule has 8 heteroatoms. The monoisotopic (exact) mass is 503 g/mol. The molecule has 0 unspecified atom stereocenters. The number of pyridine rings is 1. The van der Waals surface area contributed by atoms with Crippen LogP contribution < -0.4 is 10.2 Å². The Kier molecular flexibility index (Phi) is 6.03. The van der Waals surface area contributed by atoms with Crippen LogP contribution in [0, 0.1) is 19.3 Å². The first-order chi connectivity index (χ1) is 17.8. The molecule has 3 saturated carbocycles. The van der Waals surface area contributed by atoms with Gasteiger partial charge in [-0.15, -0.1) is 0 Å². The molecule has 198 valence electrons. The number of hydrogen-bond donors (Lipinski definition) is 1. The zero-order valence-corrected chi connectivity index (χ0v) is 22.9. The molecule has 4 heterocycles. The maximum atomic E-state index is 12.5. The van der Waals surface area contributed by atoms with Crippen molar-refractivity contribution in [2.75, 3.05) is 11.4 Å². The Hall–Kier alpha value is -2.90. The van der Waals surface area contributed by atoms with Crippen LogP contribution in [0.2, 0.25) is 0 Å². The highest BCUT2D eigenvalue weighted by Crippen LogP contribution is 2.53. The number of anilines is 1. The highest BCUT2D eigenvalue weighted by Gasteiger charge is 2.49. The van der Waals surface area contributed by atoms with Gasteiger partial charge in [0.25, 0.3) is 0 Å². The average molecular weight is 504 g/mol. The van der Waals surface area contributed by atoms with Gasteiger partial charge in [-0.25, -0.2) is 4.98 Å². The number of amides is 1. The van der Waals surface area contributed by atoms with Gasteiger partial charge in [0.15, 0.2) is 5.65 Å². The van der Waals surface area contributed by atoms with Gasteiger partial charge in [0.1, 0.15) is 0 Å². The summed E-state index contributed by atoms with van der Waals surface area (Å²) >= 11 is 0. The van der Waals surface area contributed by atoms with Crippen molar-refractivity contribution in [2.45, 2.75) is 104 Å². The summed E-state index contributed by atoms with van der Waals surface area (Å²) in [6.07, 6.45) is 12.6. The molecule has 3 aliphatic carbocycles. The average Bonchev–Trinajstić information content (AvgIpc) is 3.42. The number of carbonyl (C=O) groups excluding carboxylic acids is 1. The minimum atomic E-state index is 0.0485. The Labute approximate surface area is 219 Å². The second kappa shape index (κ2) is 9.14. The molecule has 3 aromatic heterocycles. The van der Waals surface area contributed by atoms with Gasteiger partial charge >= 0.3 is 0 Å². The van der Waals surface area contributed by atoms with E-state index in [0.29, 0.717) is 11.8 Å². The fraction of sp³-hybridized carbons (Fsp3) is 0.655. The second-order valence-corrected chi connectivity index (χ2v) is 12.1. The molecule has 1 N–H and O–H groups in total. The van der Waals surface area contributed by atoms with Crippen molar-refractivity contribution in [1.29, 1.82) is 0 Å². The summed E-state index contributed by atoms with van der Waals surface area (Å²) in [5.74, 6) is 0.255. The molecular weight excluding hydrogens is 462 g/mol. The molecule has 0 aromatic carbocycles. The third kappa shape index (κ3) is 4.32. The molecule has 0 radical (unpaired) electrons. The summed E-state index contributed by atoms with van der Waals surface area (Å²) in [7, 11) is 1.96. The summed E-state index contributed by atoms with van der Waals surface area (Å²) in [6, 6.07) is 2.20. The molecule has 0 atom stereocenters. The molecule has 4 aliphatic rings. The van der Waals surface area contributed by atoms with Crippen LogP contribution in [0.25, 0.3) is 11.0 Å². The van der Waals surface area contributed by atoms with Crippen LogP contribution in [0.15, 0.2) is 12.3 Å². The van der Waals surface area contributed by atoms with E-state index in [2.05, 4.69) is 46.8 Å². The largest absolute Gasteiger partial charge is 0.366 e. The van der Waals surface area contributed by atoms with Crippen LogP contribution in [-0.4, -0.2) is 42.5 Å². The smallest absolute Gasteiger partial charge is 0.220 e. The lowest BCUT2D eigenvalue weighted by Crippen LogP contribution is -2.57. The third-order valence-electron chi connectivity index (χ3n) is 9.54. The van der Waals surface area contributed by atoms with E-state index < -0.39 is 0 Å². The number of nitrogens with zero attached hydrogens (tertiary/aromatic N) is 6. The number of aryl methyl sites for hydroxylation is 3. The first-order valence-electron chi connectivity index (χ1n) is 14.2. The van der Waals surface area contributed by atoms with Crippen LogP contribution in [0.4, 0.5) is 5.69 Å². The maximum Gasteiger partial charge on any atom is 0.220 e. The van der Waals surface area contributed by atoms with Crippen molar-refractivity contribution in [2.24, 2.45) is 12.5 Å². The number of hydrogen-bond acceptors (Lipinski definition) is 5. The maximum absolute atomic E-state index is 12.5. The number of nitrogens with one attached hydrogen (secondary N) is 1. The van der Waals surface area contributed by atoms with Gasteiger partial charge in [-0.05, 0) is 70.3 Å². The molecule has 1 aliphatic heterocycles. The van der Waals surface area contributed by atoms with E-state index in [9.17, 15) is 4.79 Å². The van der Waals surface area contributed by atoms with Crippen LogP contribution in [0.3, 0.4) is 0 Å². The van der Waals surface area contributed by atoms with Gasteiger partial charge in [-0.1, -0.05) is 13.3 Å². The van der Waals surface area contributed by atoms with E-state index in [4.69, 9.17) is 10.1 Å². The fourth-order valence-electron chi connectivity index (χ4n) is 7.18. The summed E-state index contributed by atoms with van der Waals surface area (Å²) in [5.41, 5.74) is 7.54. The van der Waals surface area contributed by atoms with Gasteiger partial charge in [0.05, 0.1) is 23.0 Å². The second-order valence-electron chi connectivity index (χ2n) is 12.1. The first kappa shape index (κ1) is 24.4. The van der Waals surface area contributed by atoms with Crippen molar-refractivity contribution < 1.29 is 4.79 Å². The van der Waals surface area contributed by atoms with Crippen LogP contribution in [0.5, 0.6) is 0 Å². The lowest BCUT2D eigenvalue weighted by molar-refractivity contribution is -0.125. The Morgan fingerprint density at radius 1 is 1.14 bits per heavy atom. The van der Waals surface area contributed by atoms with Crippen molar-refractivity contribution in [1.82, 2.24) is 29.9 Å². The Morgan fingerprint density at radius 2 is 1.89 bits per heavy atom. The van der Waals surface area contributed by atoms with Gasteiger partial charge < -0.3 is 10.2 Å². The fourth-order valence-corrected chi connectivity index (χ4v) is 7.18. The zero-order chi connectivity index (χ0) is 25.8. The van der Waals surface area contributed by atoms with Gasteiger partial charge in [0, 0.05) is 62.0 Å². The molecule has 0 saturated heterocycles. The molecule has 3 aromatic rings. The summed E-state index contributed by atoms with van der Waals surface area (Å²) in [6.45, 7) is 9.26. The van der Waals surface area contributed by atoms with Gasteiger partial charge in [0.2, 0.25) is 5.91 Å². The highest BCUT2D eigenvalue weighted by molar-refractivity contribution is 5.89. The number of fused-ring (bicyclic) bond motifs is 5. The van der Waals surface area contributed by atoms with E-state index in [-0.39, 0.29) is 11.4 Å². The van der Waals surface area contributed by atoms with Crippen molar-refractivity contribution in [3.8, 4) is 0 Å². The standard InChI is InChI=1S/C29H41N7O/c1-5-6-7-26(37)32-29-12-9-28(10-13-29,11-14-29)19-36-24-8-15-35(18-23(24)21(3)33-36)25-16-20(2)31-27-22(25)17-30-34(27)4/h16-17H,5-15,18-19H2,1-4H3,(H,32,37). The van der Waals surface area contributed by atoms with E-state index in [1.54, 1.807) is 0 Å². The summed E-state index contributed by atoms with van der Waals surface area (Å²) < 4.78 is 4.22. The topological polar surface area (TPSA) is 80.9 Å². The molecule has 2 bridgehead atoms. The van der Waals surface area contributed by atoms with Gasteiger partial charge in [-0.3, -0.25) is 14.2 Å². The van der Waals surface area contributed by atoms with Crippen molar-refractivity contribution in [3.63, 3.8) is 0 Å². The van der Waals surface area contributed by atoms with Crippen LogP contribution >= 0.6 is 0 Å². The molecule has 8 nitrogen and oxygen atoms in total. The van der Waals surface area contributed by atoms with Gasteiger partial charge in [-0.2, -0.15) is 10.2 Å². The lowest BCUT2D eigenvalue weighted by atomic mass is 9.57. The quantitative estimate of drug-likeness (QED) is 0.504. The van der Waals surface area contributed by atoms with E-state index >= 15 is 0 Å². The molecule has 1 amide bonds. The number of carbonyl (C=O) groups is 1. The van der Waals surface area contributed by atoms with E-state index in [1.165, 1.54) is 36.2 Å². The molecule has 7 rings (SSSR count). The minimum absolute atomic E-state index is 0.0485. The third-order valence-corrected chi connectivity index (χ3v) is 9.54. The molecule has 3 fully saturated rings. The predicted octanol–water partition coefficient (Wildman–Crippen LogP) is 4.74. The number of unbranched alkanes of at least 4 members (excludes halogenated alkanes) is 1. The predicted molar refractivity (Wildman–Crippen MR) is 145 cm³/mol. The Morgan fingerprint density at radius 3 is 2.62 bits per heavy atom. The van der Waals surface area contributed by atoms with Crippen LogP contribution in [-0.2, 0) is 31.4 Å². The Bertz CT molecular complexity index is 1310. The number of aromatic nitrogens is 5.